The van der Waals surface area contributed by atoms with Gasteiger partial charge in [-0.25, -0.2) is 9.07 Å². The molecule has 0 bridgehead atoms. The highest BCUT2D eigenvalue weighted by Gasteiger charge is 2.15. The highest BCUT2D eigenvalue weighted by molar-refractivity contribution is 5.93. The van der Waals surface area contributed by atoms with Crippen LogP contribution in [0.5, 0.6) is 0 Å². The molecule has 0 aliphatic rings. The van der Waals surface area contributed by atoms with E-state index >= 15 is 0 Å². The summed E-state index contributed by atoms with van der Waals surface area (Å²) in [5, 5.41) is 14.8. The molecule has 3 aromatic rings. The molecule has 3 rings (SSSR count). The van der Waals surface area contributed by atoms with Crippen LogP contribution in [0.15, 0.2) is 60.9 Å². The van der Waals surface area contributed by atoms with Crippen molar-refractivity contribution in [3.8, 4) is 5.69 Å². The first-order valence-corrected chi connectivity index (χ1v) is 7.73. The van der Waals surface area contributed by atoms with Gasteiger partial charge >= 0.3 is 0 Å². The monoisotopic (exact) mass is 354 g/mol. The van der Waals surface area contributed by atoms with Gasteiger partial charge in [0.15, 0.2) is 0 Å². The summed E-state index contributed by atoms with van der Waals surface area (Å²) in [4.78, 5) is 24.2. The van der Waals surface area contributed by atoms with E-state index in [1.165, 1.54) is 40.0 Å². The molecule has 0 spiro atoms. The highest BCUT2D eigenvalue weighted by Crippen LogP contribution is 2.16. The summed E-state index contributed by atoms with van der Waals surface area (Å²) in [5.74, 6) is -0.614. The van der Waals surface area contributed by atoms with Crippen LogP contribution in [-0.2, 0) is 6.54 Å². The molecule has 1 amide bonds. The van der Waals surface area contributed by atoms with Crippen LogP contribution in [0.4, 0.5) is 10.1 Å². The van der Waals surface area contributed by atoms with Crippen LogP contribution in [-0.4, -0.2) is 32.6 Å². The molecule has 0 fully saturated rings. The molecule has 1 heterocycles. The fraction of sp³-hybridized carbons (Fsp3) is 0.111. The number of non-ortho nitro benzene ring substituents is 1. The van der Waals surface area contributed by atoms with Crippen molar-refractivity contribution in [1.29, 1.82) is 0 Å². The van der Waals surface area contributed by atoms with E-state index in [0.717, 1.165) is 0 Å². The molecule has 132 valence electrons. The molecule has 8 heteroatoms. The predicted octanol–water partition coefficient (Wildman–Crippen LogP) is 3.19. The van der Waals surface area contributed by atoms with Crippen LogP contribution in [0.25, 0.3) is 5.69 Å². The molecule has 0 saturated heterocycles. The maximum Gasteiger partial charge on any atom is 0.269 e. The first-order chi connectivity index (χ1) is 12.4. The standard InChI is InChI=1S/C18H15FN4O3/c1-21(11-13-3-2-4-15(19)9-13)18(24)14-10-20-22(12-14)16-5-7-17(8-6-16)23(25)26/h2-10,12H,11H2,1H3. The number of halogens is 1. The third kappa shape index (κ3) is 3.75. The van der Waals surface area contributed by atoms with E-state index in [9.17, 15) is 19.3 Å². The average Bonchev–Trinajstić information content (AvgIpc) is 3.11. The molecule has 1 aromatic heterocycles. The minimum atomic E-state index is -0.483. The molecule has 0 N–H and O–H groups in total. The number of carbonyl (C=O) groups excluding carboxylic acids is 1. The van der Waals surface area contributed by atoms with Crippen LogP contribution >= 0.6 is 0 Å². The lowest BCUT2D eigenvalue weighted by Crippen LogP contribution is -2.25. The molecule has 0 aliphatic heterocycles. The normalized spacial score (nSPS) is 10.5. The third-order valence-electron chi connectivity index (χ3n) is 3.81. The van der Waals surface area contributed by atoms with E-state index in [0.29, 0.717) is 16.8 Å². The van der Waals surface area contributed by atoms with E-state index < -0.39 is 4.92 Å². The number of aromatic nitrogens is 2. The Hall–Kier alpha value is -3.55. The molecule has 0 aliphatic carbocycles. The highest BCUT2D eigenvalue weighted by atomic mass is 19.1. The van der Waals surface area contributed by atoms with Gasteiger partial charge in [-0.05, 0) is 29.8 Å². The molecule has 26 heavy (non-hydrogen) atoms. The molecular formula is C18H15FN4O3. The molecule has 0 saturated carbocycles. The topological polar surface area (TPSA) is 81.3 Å². The summed E-state index contributed by atoms with van der Waals surface area (Å²) in [6.07, 6.45) is 2.97. The lowest BCUT2D eigenvalue weighted by Gasteiger charge is -2.16. The second-order valence-corrected chi connectivity index (χ2v) is 5.74. The summed E-state index contributed by atoms with van der Waals surface area (Å²) in [6.45, 7) is 0.263. The number of nitrogens with zero attached hydrogens (tertiary/aromatic N) is 4. The van der Waals surface area contributed by atoms with Crippen molar-refractivity contribution < 1.29 is 14.1 Å². The van der Waals surface area contributed by atoms with Gasteiger partial charge in [0.2, 0.25) is 0 Å². The molecule has 2 aromatic carbocycles. The van der Waals surface area contributed by atoms with E-state index in [-0.39, 0.29) is 24.0 Å². The van der Waals surface area contributed by atoms with Gasteiger partial charge in [-0.15, -0.1) is 0 Å². The molecule has 0 unspecified atom stereocenters. The predicted molar refractivity (Wildman–Crippen MR) is 92.4 cm³/mol. The number of carbonyl (C=O) groups is 1. The second-order valence-electron chi connectivity index (χ2n) is 5.74. The first kappa shape index (κ1) is 17.3. The number of benzene rings is 2. The number of amides is 1. The SMILES string of the molecule is CN(Cc1cccc(F)c1)C(=O)c1cnn(-c2ccc([N+](=O)[O-])cc2)c1. The van der Waals surface area contributed by atoms with Gasteiger partial charge in [0.1, 0.15) is 5.82 Å². The zero-order valence-corrected chi connectivity index (χ0v) is 13.9. The van der Waals surface area contributed by atoms with Gasteiger partial charge in [-0.1, -0.05) is 12.1 Å². The van der Waals surface area contributed by atoms with Crippen LogP contribution in [0.2, 0.25) is 0 Å². The molecule has 0 radical (unpaired) electrons. The Morgan fingerprint density at radius 2 is 2.00 bits per heavy atom. The summed E-state index contributed by atoms with van der Waals surface area (Å²) >= 11 is 0. The first-order valence-electron chi connectivity index (χ1n) is 7.73. The number of hydrogen-bond acceptors (Lipinski definition) is 4. The lowest BCUT2D eigenvalue weighted by molar-refractivity contribution is -0.384. The minimum Gasteiger partial charge on any atom is -0.337 e. The molecular weight excluding hydrogens is 339 g/mol. The van der Waals surface area contributed by atoms with E-state index in [4.69, 9.17) is 0 Å². The van der Waals surface area contributed by atoms with Crippen molar-refractivity contribution in [2.24, 2.45) is 0 Å². The fourth-order valence-electron chi connectivity index (χ4n) is 2.50. The van der Waals surface area contributed by atoms with E-state index in [1.54, 1.807) is 37.5 Å². The summed E-state index contributed by atoms with van der Waals surface area (Å²) in [6, 6.07) is 11.9. The number of rotatable bonds is 5. The summed E-state index contributed by atoms with van der Waals surface area (Å²) in [5.41, 5.74) is 1.63. The van der Waals surface area contributed by atoms with Crippen LogP contribution in [0, 0.1) is 15.9 Å². The van der Waals surface area contributed by atoms with Gasteiger partial charge < -0.3 is 4.90 Å². The van der Waals surface area contributed by atoms with Gasteiger partial charge in [0, 0.05) is 31.9 Å². The minimum absolute atomic E-state index is 0.0213. The smallest absolute Gasteiger partial charge is 0.269 e. The zero-order chi connectivity index (χ0) is 18.7. The Kier molecular flexibility index (Phi) is 4.74. The van der Waals surface area contributed by atoms with Crippen LogP contribution in [0.1, 0.15) is 15.9 Å². The van der Waals surface area contributed by atoms with Crippen molar-refractivity contribution in [3.05, 3.63) is 88.0 Å². The Labute approximate surface area is 148 Å². The van der Waals surface area contributed by atoms with Crippen molar-refractivity contribution in [2.75, 3.05) is 7.05 Å². The van der Waals surface area contributed by atoms with Gasteiger partial charge in [0.25, 0.3) is 11.6 Å². The van der Waals surface area contributed by atoms with Crippen LogP contribution in [0.3, 0.4) is 0 Å². The zero-order valence-electron chi connectivity index (χ0n) is 13.9. The van der Waals surface area contributed by atoms with E-state index in [2.05, 4.69) is 5.10 Å². The maximum absolute atomic E-state index is 13.3. The van der Waals surface area contributed by atoms with Crippen molar-refractivity contribution in [1.82, 2.24) is 14.7 Å². The van der Waals surface area contributed by atoms with Crippen LogP contribution < -0.4 is 0 Å². The summed E-state index contributed by atoms with van der Waals surface area (Å²) in [7, 11) is 1.62. The number of hydrogen-bond donors (Lipinski definition) is 0. The second kappa shape index (κ2) is 7.14. The summed E-state index contributed by atoms with van der Waals surface area (Å²) < 4.78 is 14.7. The van der Waals surface area contributed by atoms with Crippen molar-refractivity contribution in [3.63, 3.8) is 0 Å². The van der Waals surface area contributed by atoms with Gasteiger partial charge in [-0.3, -0.25) is 14.9 Å². The van der Waals surface area contributed by atoms with Gasteiger partial charge in [-0.2, -0.15) is 5.10 Å². The quantitative estimate of drug-likeness (QED) is 0.520. The molecule has 7 nitrogen and oxygen atoms in total. The average molecular weight is 354 g/mol. The van der Waals surface area contributed by atoms with Crippen molar-refractivity contribution in [2.45, 2.75) is 6.54 Å². The third-order valence-corrected chi connectivity index (χ3v) is 3.81. The van der Waals surface area contributed by atoms with Gasteiger partial charge in [0.05, 0.1) is 22.4 Å². The fourth-order valence-corrected chi connectivity index (χ4v) is 2.50. The Balaban J connectivity index is 1.74. The maximum atomic E-state index is 13.3. The molecule has 0 atom stereocenters. The lowest BCUT2D eigenvalue weighted by atomic mass is 10.2. The Morgan fingerprint density at radius 1 is 1.27 bits per heavy atom. The van der Waals surface area contributed by atoms with E-state index in [1.807, 2.05) is 0 Å². The number of nitro benzene ring substituents is 1. The number of nitro groups is 1. The largest absolute Gasteiger partial charge is 0.337 e. The Morgan fingerprint density at radius 3 is 2.65 bits per heavy atom. The van der Waals surface area contributed by atoms with Crippen molar-refractivity contribution >= 4 is 11.6 Å². The Bertz CT molecular complexity index is 953.